The number of fused-ring (bicyclic) bond motifs is 1. The lowest BCUT2D eigenvalue weighted by Gasteiger charge is -2.48. The minimum atomic E-state index is -0.171. The largest absolute Gasteiger partial charge is 0.445 e. The highest BCUT2D eigenvalue weighted by Crippen LogP contribution is 2.28. The summed E-state index contributed by atoms with van der Waals surface area (Å²) in [5.41, 5.74) is 1.03. The van der Waals surface area contributed by atoms with Crippen molar-refractivity contribution in [2.45, 2.75) is 31.5 Å². The third kappa shape index (κ3) is 2.20. The molecular formula is C14H18N2O2. The zero-order chi connectivity index (χ0) is 12.4. The second-order valence-corrected chi connectivity index (χ2v) is 4.94. The Morgan fingerprint density at radius 2 is 2.17 bits per heavy atom. The van der Waals surface area contributed by atoms with Gasteiger partial charge >= 0.3 is 6.09 Å². The summed E-state index contributed by atoms with van der Waals surface area (Å²) in [6.45, 7) is 2.00. The molecule has 1 N–H and O–H groups in total. The van der Waals surface area contributed by atoms with Crippen molar-refractivity contribution in [1.29, 1.82) is 0 Å². The van der Waals surface area contributed by atoms with E-state index in [2.05, 4.69) is 5.32 Å². The number of benzene rings is 1. The number of rotatable bonds is 2. The predicted molar refractivity (Wildman–Crippen MR) is 68.1 cm³/mol. The molecule has 4 nitrogen and oxygen atoms in total. The zero-order valence-corrected chi connectivity index (χ0v) is 10.3. The maximum atomic E-state index is 12.0. The molecule has 1 heterocycles. The van der Waals surface area contributed by atoms with E-state index in [9.17, 15) is 4.79 Å². The minimum Gasteiger partial charge on any atom is -0.445 e. The van der Waals surface area contributed by atoms with Crippen molar-refractivity contribution in [3.05, 3.63) is 35.9 Å². The molecule has 96 valence electrons. The van der Waals surface area contributed by atoms with Crippen molar-refractivity contribution in [3.8, 4) is 0 Å². The van der Waals surface area contributed by atoms with Crippen LogP contribution in [0.4, 0.5) is 4.79 Å². The number of piperazine rings is 1. The summed E-state index contributed by atoms with van der Waals surface area (Å²) in [4.78, 5) is 13.9. The number of hydrogen-bond donors (Lipinski definition) is 1. The highest BCUT2D eigenvalue weighted by Gasteiger charge is 2.40. The lowest BCUT2D eigenvalue weighted by molar-refractivity contribution is 0.0288. The van der Waals surface area contributed by atoms with E-state index < -0.39 is 0 Å². The van der Waals surface area contributed by atoms with Gasteiger partial charge < -0.3 is 15.0 Å². The molecule has 1 amide bonds. The van der Waals surface area contributed by atoms with E-state index in [1.54, 1.807) is 0 Å². The Labute approximate surface area is 107 Å². The molecule has 1 aliphatic heterocycles. The molecule has 0 spiro atoms. The van der Waals surface area contributed by atoms with Gasteiger partial charge in [-0.2, -0.15) is 0 Å². The Morgan fingerprint density at radius 1 is 1.33 bits per heavy atom. The van der Waals surface area contributed by atoms with Crippen LogP contribution in [-0.2, 0) is 11.3 Å². The fraction of sp³-hybridized carbons (Fsp3) is 0.500. The second-order valence-electron chi connectivity index (χ2n) is 4.94. The van der Waals surface area contributed by atoms with Gasteiger partial charge in [0.05, 0.1) is 6.04 Å². The summed E-state index contributed by atoms with van der Waals surface area (Å²) < 4.78 is 5.38. The van der Waals surface area contributed by atoms with Crippen molar-refractivity contribution < 1.29 is 9.53 Å². The van der Waals surface area contributed by atoms with Crippen LogP contribution in [0.1, 0.15) is 18.4 Å². The smallest absolute Gasteiger partial charge is 0.410 e. The van der Waals surface area contributed by atoms with Gasteiger partial charge in [0.1, 0.15) is 6.61 Å². The molecule has 1 aromatic carbocycles. The molecule has 1 saturated heterocycles. The predicted octanol–water partition coefficient (Wildman–Crippen LogP) is 1.76. The number of carbonyl (C=O) groups is 1. The maximum Gasteiger partial charge on any atom is 0.410 e. The second kappa shape index (κ2) is 4.98. The van der Waals surface area contributed by atoms with Crippen molar-refractivity contribution in [3.63, 3.8) is 0 Å². The van der Waals surface area contributed by atoms with Crippen molar-refractivity contribution in [1.82, 2.24) is 10.2 Å². The van der Waals surface area contributed by atoms with Gasteiger partial charge in [-0.15, -0.1) is 0 Å². The Bertz CT molecular complexity index is 421. The van der Waals surface area contributed by atoms with E-state index in [0.29, 0.717) is 18.7 Å². The number of nitrogens with one attached hydrogen (secondary N) is 1. The molecule has 0 aromatic heterocycles. The van der Waals surface area contributed by atoms with Crippen LogP contribution in [0.3, 0.4) is 0 Å². The van der Waals surface area contributed by atoms with Crippen molar-refractivity contribution in [2.24, 2.45) is 0 Å². The monoisotopic (exact) mass is 246 g/mol. The Morgan fingerprint density at radius 3 is 2.89 bits per heavy atom. The lowest BCUT2D eigenvalue weighted by Crippen LogP contribution is -2.64. The number of carbonyl (C=O) groups excluding carboxylic acids is 1. The SMILES string of the molecule is O=C(OCc1ccccc1)N1CCNC2CCC21. The Hall–Kier alpha value is -1.55. The fourth-order valence-electron chi connectivity index (χ4n) is 2.66. The van der Waals surface area contributed by atoms with Crippen LogP contribution in [0.25, 0.3) is 0 Å². The van der Waals surface area contributed by atoms with E-state index in [4.69, 9.17) is 4.74 Å². The van der Waals surface area contributed by atoms with Gasteiger partial charge in [-0.05, 0) is 18.4 Å². The van der Waals surface area contributed by atoms with Crippen LogP contribution in [-0.4, -0.2) is 36.2 Å². The van der Waals surface area contributed by atoms with E-state index in [1.807, 2.05) is 35.2 Å². The van der Waals surface area contributed by atoms with Gasteiger partial charge in [0, 0.05) is 19.1 Å². The van der Waals surface area contributed by atoms with Crippen molar-refractivity contribution >= 4 is 6.09 Å². The Kier molecular flexibility index (Phi) is 3.19. The molecule has 1 saturated carbocycles. The first kappa shape index (κ1) is 11.5. The van der Waals surface area contributed by atoms with Crippen LogP contribution in [0, 0.1) is 0 Å². The van der Waals surface area contributed by atoms with Gasteiger partial charge in [0.2, 0.25) is 0 Å². The van der Waals surface area contributed by atoms with E-state index in [1.165, 1.54) is 6.42 Å². The average Bonchev–Trinajstić information content (AvgIpc) is 2.38. The third-order valence-electron chi connectivity index (χ3n) is 3.84. The normalized spacial score (nSPS) is 26.1. The van der Waals surface area contributed by atoms with E-state index >= 15 is 0 Å². The van der Waals surface area contributed by atoms with E-state index in [0.717, 1.165) is 25.1 Å². The van der Waals surface area contributed by atoms with E-state index in [-0.39, 0.29) is 6.09 Å². The molecule has 2 atom stereocenters. The fourth-order valence-corrected chi connectivity index (χ4v) is 2.66. The molecule has 1 aliphatic carbocycles. The first-order valence-corrected chi connectivity index (χ1v) is 6.55. The molecule has 2 unspecified atom stereocenters. The summed E-state index contributed by atoms with van der Waals surface area (Å²) in [7, 11) is 0. The highest BCUT2D eigenvalue weighted by atomic mass is 16.6. The topological polar surface area (TPSA) is 41.6 Å². The summed E-state index contributed by atoms with van der Waals surface area (Å²) >= 11 is 0. The van der Waals surface area contributed by atoms with Gasteiger partial charge in [0.25, 0.3) is 0 Å². The van der Waals surface area contributed by atoms with Gasteiger partial charge in [-0.3, -0.25) is 0 Å². The first-order valence-electron chi connectivity index (χ1n) is 6.55. The van der Waals surface area contributed by atoms with Gasteiger partial charge in [-0.25, -0.2) is 4.79 Å². The molecule has 0 bridgehead atoms. The minimum absolute atomic E-state index is 0.171. The van der Waals surface area contributed by atoms with Gasteiger partial charge in [0.15, 0.2) is 0 Å². The summed E-state index contributed by atoms with van der Waals surface area (Å²) in [6.07, 6.45) is 2.10. The van der Waals surface area contributed by atoms with Gasteiger partial charge in [-0.1, -0.05) is 30.3 Å². The standard InChI is InChI=1S/C14H18N2O2/c17-14(18-10-11-4-2-1-3-5-11)16-9-8-15-12-6-7-13(12)16/h1-5,12-13,15H,6-10H2. The molecular weight excluding hydrogens is 228 g/mol. The molecule has 18 heavy (non-hydrogen) atoms. The molecule has 2 aliphatic rings. The number of ether oxygens (including phenoxy) is 1. The summed E-state index contributed by atoms with van der Waals surface area (Å²) in [6, 6.07) is 10.6. The molecule has 0 radical (unpaired) electrons. The highest BCUT2D eigenvalue weighted by molar-refractivity contribution is 5.68. The summed E-state index contributed by atoms with van der Waals surface area (Å²) in [5.74, 6) is 0. The summed E-state index contributed by atoms with van der Waals surface area (Å²) in [5, 5.41) is 3.43. The lowest BCUT2D eigenvalue weighted by atomic mass is 9.83. The quantitative estimate of drug-likeness (QED) is 0.864. The Balaban J connectivity index is 1.55. The van der Waals surface area contributed by atoms with Crippen LogP contribution in [0.15, 0.2) is 30.3 Å². The maximum absolute atomic E-state index is 12.0. The molecule has 3 rings (SSSR count). The van der Waals surface area contributed by atoms with Crippen LogP contribution >= 0.6 is 0 Å². The first-order chi connectivity index (χ1) is 8.84. The zero-order valence-electron chi connectivity index (χ0n) is 10.3. The third-order valence-corrected chi connectivity index (χ3v) is 3.84. The van der Waals surface area contributed by atoms with Crippen molar-refractivity contribution in [2.75, 3.05) is 13.1 Å². The number of amides is 1. The molecule has 2 fully saturated rings. The van der Waals surface area contributed by atoms with Crippen LogP contribution in [0.2, 0.25) is 0 Å². The molecule has 1 aromatic rings. The molecule has 4 heteroatoms. The average molecular weight is 246 g/mol. The number of hydrogen-bond acceptors (Lipinski definition) is 3. The van der Waals surface area contributed by atoms with Crippen LogP contribution < -0.4 is 5.32 Å². The number of nitrogens with zero attached hydrogens (tertiary/aromatic N) is 1. The van der Waals surface area contributed by atoms with Crippen LogP contribution in [0.5, 0.6) is 0 Å².